The molecule has 1 atom stereocenters. The van der Waals surface area contributed by atoms with E-state index in [1.165, 1.54) is 28.5 Å². The van der Waals surface area contributed by atoms with Gasteiger partial charge in [0.1, 0.15) is 0 Å². The highest BCUT2D eigenvalue weighted by Gasteiger charge is 2.30. The average molecular weight is 396 g/mol. The number of hydrogen-bond acceptors (Lipinski definition) is 1. The number of hydrogen-bond donors (Lipinski definition) is 1. The molecule has 0 spiro atoms. The minimum absolute atomic E-state index is 0. The lowest BCUT2D eigenvalue weighted by Crippen LogP contribution is -2.05. The van der Waals surface area contributed by atoms with Gasteiger partial charge in [0.15, 0.2) is 0 Å². The fourth-order valence-electron chi connectivity index (χ4n) is 2.84. The highest BCUT2D eigenvalue weighted by Crippen LogP contribution is 2.29. The number of nitrogens with two attached hydrogens (primary N) is 1. The van der Waals surface area contributed by atoms with Crippen molar-refractivity contribution >= 4 is 23.2 Å². The molecule has 0 amide bonds. The molecule has 1 unspecified atom stereocenters. The van der Waals surface area contributed by atoms with Crippen molar-refractivity contribution in [3.63, 3.8) is 0 Å². The predicted molar refractivity (Wildman–Crippen MR) is 109 cm³/mol. The maximum absolute atomic E-state index is 12.2. The number of fused-ring (bicyclic) bond motifs is 1. The topological polar surface area (TPSA) is 26.0 Å². The van der Waals surface area contributed by atoms with Crippen molar-refractivity contribution in [3.8, 4) is 0 Å². The van der Waals surface area contributed by atoms with Crippen LogP contribution in [0, 0.1) is 0 Å². The van der Waals surface area contributed by atoms with Crippen molar-refractivity contribution in [2.24, 2.45) is 5.73 Å². The maximum atomic E-state index is 12.2. The Kier molecular flexibility index (Phi) is 8.80. The van der Waals surface area contributed by atoms with Gasteiger partial charge in [0.05, 0.1) is 5.56 Å². The van der Waals surface area contributed by atoms with E-state index in [1.807, 2.05) is 26.0 Å². The van der Waals surface area contributed by atoms with Crippen LogP contribution >= 0.6 is 12.4 Å². The third-order valence-electron chi connectivity index (χ3n) is 4.11. The van der Waals surface area contributed by atoms with Gasteiger partial charge in [-0.25, -0.2) is 0 Å². The summed E-state index contributed by atoms with van der Waals surface area (Å²) in [7, 11) is 0. The zero-order valence-electron chi connectivity index (χ0n) is 15.5. The standard InChI is InChI=1S/C12H13N.C10H11F3.ClH/c1-9(13)11-8-4-6-10-5-2-3-7-12(10)11;1-2-4-8-5-3-6-9(7-8)10(11,12)13;/h2-9H,13H2,1H3;3,5-7H,2,4H2,1H3;1H. The first-order valence-electron chi connectivity index (χ1n) is 8.72. The Balaban J connectivity index is 0.000000260. The summed E-state index contributed by atoms with van der Waals surface area (Å²) in [4.78, 5) is 0. The Hall–Kier alpha value is -2.04. The van der Waals surface area contributed by atoms with E-state index in [-0.39, 0.29) is 18.4 Å². The molecule has 0 heterocycles. The van der Waals surface area contributed by atoms with Crippen LogP contribution < -0.4 is 5.73 Å². The lowest BCUT2D eigenvalue weighted by atomic mass is 10.0. The molecule has 146 valence electrons. The molecular formula is C22H25ClF3N. The third kappa shape index (κ3) is 6.56. The summed E-state index contributed by atoms with van der Waals surface area (Å²) < 4.78 is 36.6. The Morgan fingerprint density at radius 3 is 2.19 bits per heavy atom. The Bertz CT molecular complexity index is 839. The van der Waals surface area contributed by atoms with Crippen LogP contribution in [0.15, 0.2) is 66.7 Å². The van der Waals surface area contributed by atoms with Gasteiger partial charge < -0.3 is 5.73 Å². The van der Waals surface area contributed by atoms with Crippen LogP contribution in [-0.2, 0) is 12.6 Å². The number of alkyl halides is 3. The second-order valence-electron chi connectivity index (χ2n) is 6.31. The SMILES string of the molecule is CC(N)c1cccc2ccccc12.CCCc1cccc(C(F)(F)F)c1.Cl. The van der Waals surface area contributed by atoms with Gasteiger partial charge in [0.2, 0.25) is 0 Å². The fourth-order valence-corrected chi connectivity index (χ4v) is 2.84. The molecule has 0 bridgehead atoms. The van der Waals surface area contributed by atoms with E-state index in [0.717, 1.165) is 18.1 Å². The van der Waals surface area contributed by atoms with Crippen LogP contribution in [0.3, 0.4) is 0 Å². The molecule has 1 nitrogen and oxygen atoms in total. The first kappa shape index (κ1) is 23.0. The minimum Gasteiger partial charge on any atom is -0.324 e. The summed E-state index contributed by atoms with van der Waals surface area (Å²) in [6.45, 7) is 3.96. The van der Waals surface area contributed by atoms with Gasteiger partial charge in [-0.05, 0) is 41.3 Å². The molecular weight excluding hydrogens is 371 g/mol. The molecule has 0 aromatic heterocycles. The van der Waals surface area contributed by atoms with Crippen molar-refractivity contribution in [1.29, 1.82) is 0 Å². The summed E-state index contributed by atoms with van der Waals surface area (Å²) in [5, 5.41) is 2.53. The zero-order valence-corrected chi connectivity index (χ0v) is 16.3. The van der Waals surface area contributed by atoms with Crippen molar-refractivity contribution in [2.45, 2.75) is 38.9 Å². The van der Waals surface area contributed by atoms with Gasteiger partial charge in [-0.2, -0.15) is 13.2 Å². The summed E-state index contributed by atoms with van der Waals surface area (Å²) in [6, 6.07) is 20.2. The summed E-state index contributed by atoms with van der Waals surface area (Å²) in [5.41, 5.74) is 7.29. The van der Waals surface area contributed by atoms with Crippen LogP contribution in [0.2, 0.25) is 0 Å². The lowest BCUT2D eigenvalue weighted by Gasteiger charge is -2.09. The molecule has 3 aromatic carbocycles. The average Bonchev–Trinajstić information content (AvgIpc) is 2.61. The molecule has 3 rings (SSSR count). The third-order valence-corrected chi connectivity index (χ3v) is 4.11. The largest absolute Gasteiger partial charge is 0.416 e. The summed E-state index contributed by atoms with van der Waals surface area (Å²) in [6.07, 6.45) is -2.66. The van der Waals surface area contributed by atoms with Gasteiger partial charge in [-0.1, -0.05) is 74.0 Å². The Morgan fingerprint density at radius 2 is 1.56 bits per heavy atom. The molecule has 27 heavy (non-hydrogen) atoms. The molecule has 0 saturated heterocycles. The van der Waals surface area contributed by atoms with Crippen molar-refractivity contribution in [3.05, 3.63) is 83.4 Å². The van der Waals surface area contributed by atoms with Crippen molar-refractivity contribution in [1.82, 2.24) is 0 Å². The molecule has 0 aliphatic heterocycles. The lowest BCUT2D eigenvalue weighted by molar-refractivity contribution is -0.137. The summed E-state index contributed by atoms with van der Waals surface area (Å²) >= 11 is 0. The second-order valence-corrected chi connectivity index (χ2v) is 6.31. The van der Waals surface area contributed by atoms with Crippen LogP contribution in [0.5, 0.6) is 0 Å². The predicted octanol–water partition coefficient (Wildman–Crippen LogP) is 6.94. The van der Waals surface area contributed by atoms with Gasteiger partial charge in [0.25, 0.3) is 0 Å². The van der Waals surface area contributed by atoms with E-state index >= 15 is 0 Å². The molecule has 0 fully saturated rings. The van der Waals surface area contributed by atoms with Crippen LogP contribution in [0.1, 0.15) is 43.0 Å². The normalized spacial score (nSPS) is 11.9. The van der Waals surface area contributed by atoms with Gasteiger partial charge in [-0.15, -0.1) is 12.4 Å². The molecule has 0 aliphatic rings. The smallest absolute Gasteiger partial charge is 0.324 e. The van der Waals surface area contributed by atoms with E-state index in [4.69, 9.17) is 5.73 Å². The van der Waals surface area contributed by atoms with E-state index in [9.17, 15) is 13.2 Å². The van der Waals surface area contributed by atoms with Crippen LogP contribution in [-0.4, -0.2) is 0 Å². The van der Waals surface area contributed by atoms with Crippen LogP contribution in [0.25, 0.3) is 10.8 Å². The second kappa shape index (κ2) is 10.3. The monoisotopic (exact) mass is 395 g/mol. The highest BCUT2D eigenvalue weighted by molar-refractivity contribution is 5.86. The number of aryl methyl sites for hydroxylation is 1. The molecule has 0 aliphatic carbocycles. The number of halogens is 4. The number of benzene rings is 3. The zero-order chi connectivity index (χ0) is 19.2. The molecule has 2 N–H and O–H groups in total. The summed E-state index contributed by atoms with van der Waals surface area (Å²) in [5.74, 6) is 0. The number of rotatable bonds is 3. The Morgan fingerprint density at radius 1 is 0.926 bits per heavy atom. The van der Waals surface area contributed by atoms with Crippen molar-refractivity contribution in [2.75, 3.05) is 0 Å². The van der Waals surface area contributed by atoms with E-state index in [0.29, 0.717) is 6.42 Å². The highest BCUT2D eigenvalue weighted by atomic mass is 35.5. The molecule has 3 aromatic rings. The molecule has 0 radical (unpaired) electrons. The fraction of sp³-hybridized carbons (Fsp3) is 0.273. The van der Waals surface area contributed by atoms with Gasteiger partial charge in [-0.3, -0.25) is 0 Å². The van der Waals surface area contributed by atoms with E-state index in [2.05, 4.69) is 30.3 Å². The van der Waals surface area contributed by atoms with E-state index < -0.39 is 11.7 Å². The van der Waals surface area contributed by atoms with Crippen LogP contribution in [0.4, 0.5) is 13.2 Å². The quantitative estimate of drug-likeness (QED) is 0.510. The Labute approximate surface area is 164 Å². The first-order valence-corrected chi connectivity index (χ1v) is 8.72. The molecule has 0 saturated carbocycles. The van der Waals surface area contributed by atoms with E-state index in [1.54, 1.807) is 6.07 Å². The van der Waals surface area contributed by atoms with Gasteiger partial charge in [0, 0.05) is 6.04 Å². The minimum atomic E-state index is -4.22. The first-order chi connectivity index (χ1) is 12.3. The maximum Gasteiger partial charge on any atom is 0.416 e. The van der Waals surface area contributed by atoms with Gasteiger partial charge >= 0.3 is 6.18 Å². The van der Waals surface area contributed by atoms with Crippen molar-refractivity contribution < 1.29 is 13.2 Å². The molecule has 5 heteroatoms.